The molecule has 2 heteroatoms. The lowest BCUT2D eigenvalue weighted by atomic mass is 10.2. The van der Waals surface area contributed by atoms with Crippen LogP contribution in [0.25, 0.3) is 0 Å². The second-order valence-electron chi connectivity index (χ2n) is 3.58. The van der Waals surface area contributed by atoms with E-state index in [0.29, 0.717) is 0 Å². The zero-order valence-electron chi connectivity index (χ0n) is 8.49. The highest BCUT2D eigenvalue weighted by atomic mass is 35.5. The van der Waals surface area contributed by atoms with Gasteiger partial charge >= 0.3 is 0 Å². The molecule has 0 nitrogen and oxygen atoms in total. The summed E-state index contributed by atoms with van der Waals surface area (Å²) in [7, 11) is -0.271. The zero-order valence-corrected chi connectivity index (χ0v) is 10.7. The first kappa shape index (κ1) is 10.5. The molecule has 0 aromatic heterocycles. The standard InChI is InChI=1S/C13H13ClSi/c14-12-8-4-5-9-13(12)15-10-11-6-2-1-3-7-11/h1-9H,10,15H2. The Bertz CT molecular complexity index is 426. The Balaban J connectivity index is 2.03. The van der Waals surface area contributed by atoms with Gasteiger partial charge in [-0.05, 0) is 17.3 Å². The van der Waals surface area contributed by atoms with Crippen molar-refractivity contribution in [1.29, 1.82) is 0 Å². The Morgan fingerprint density at radius 3 is 2.27 bits per heavy atom. The molecule has 0 aliphatic rings. The van der Waals surface area contributed by atoms with Crippen LogP contribution < -0.4 is 5.19 Å². The summed E-state index contributed by atoms with van der Waals surface area (Å²) in [4.78, 5) is 0. The summed E-state index contributed by atoms with van der Waals surface area (Å²) in [5.74, 6) is 0. The van der Waals surface area contributed by atoms with Gasteiger partial charge in [-0.1, -0.05) is 65.7 Å². The van der Waals surface area contributed by atoms with Crippen molar-refractivity contribution in [3.05, 3.63) is 65.2 Å². The third kappa shape index (κ3) is 2.95. The second kappa shape index (κ2) is 5.15. The maximum Gasteiger partial charge on any atom is 0.0610 e. The van der Waals surface area contributed by atoms with Gasteiger partial charge in [0, 0.05) is 5.02 Å². The zero-order chi connectivity index (χ0) is 10.5. The van der Waals surface area contributed by atoms with Crippen molar-refractivity contribution >= 4 is 26.3 Å². The number of halogens is 1. The largest absolute Gasteiger partial charge is 0.0845 e. The van der Waals surface area contributed by atoms with Crippen molar-refractivity contribution in [2.24, 2.45) is 0 Å². The highest BCUT2D eigenvalue weighted by molar-refractivity contribution is 6.57. The van der Waals surface area contributed by atoms with E-state index in [4.69, 9.17) is 11.6 Å². The summed E-state index contributed by atoms with van der Waals surface area (Å²) in [6, 6.07) is 20.0. The van der Waals surface area contributed by atoms with Crippen LogP contribution in [0.2, 0.25) is 5.02 Å². The molecule has 2 rings (SSSR count). The Hall–Kier alpha value is -1.05. The topological polar surface area (TPSA) is 0 Å². The molecule has 76 valence electrons. The molecule has 0 aliphatic carbocycles. The Morgan fingerprint density at radius 2 is 1.53 bits per heavy atom. The van der Waals surface area contributed by atoms with Crippen LogP contribution in [-0.4, -0.2) is 9.52 Å². The second-order valence-corrected chi connectivity index (χ2v) is 5.75. The minimum absolute atomic E-state index is 0.271. The van der Waals surface area contributed by atoms with Gasteiger partial charge in [0.05, 0.1) is 9.52 Å². The van der Waals surface area contributed by atoms with Gasteiger partial charge in [-0.3, -0.25) is 0 Å². The van der Waals surface area contributed by atoms with Crippen molar-refractivity contribution in [2.45, 2.75) is 6.04 Å². The molecule has 0 aliphatic heterocycles. The van der Waals surface area contributed by atoms with Crippen LogP contribution in [0.5, 0.6) is 0 Å². The maximum atomic E-state index is 6.13. The van der Waals surface area contributed by atoms with E-state index < -0.39 is 0 Å². The van der Waals surface area contributed by atoms with Gasteiger partial charge in [0.25, 0.3) is 0 Å². The van der Waals surface area contributed by atoms with Crippen molar-refractivity contribution in [3.63, 3.8) is 0 Å². The Morgan fingerprint density at radius 1 is 0.867 bits per heavy atom. The van der Waals surface area contributed by atoms with E-state index in [1.807, 2.05) is 12.1 Å². The third-order valence-corrected chi connectivity index (χ3v) is 5.06. The van der Waals surface area contributed by atoms with Crippen LogP contribution in [0.4, 0.5) is 0 Å². The van der Waals surface area contributed by atoms with Crippen LogP contribution in [0, 0.1) is 0 Å². The number of hydrogen-bond donors (Lipinski definition) is 0. The molecule has 0 saturated heterocycles. The molecule has 0 heterocycles. The summed E-state index contributed by atoms with van der Waals surface area (Å²) < 4.78 is 0. The summed E-state index contributed by atoms with van der Waals surface area (Å²) in [6.45, 7) is 0. The summed E-state index contributed by atoms with van der Waals surface area (Å²) >= 11 is 6.13. The molecule has 15 heavy (non-hydrogen) atoms. The van der Waals surface area contributed by atoms with Crippen molar-refractivity contribution in [3.8, 4) is 0 Å². The lowest BCUT2D eigenvalue weighted by Gasteiger charge is -2.03. The van der Waals surface area contributed by atoms with Crippen LogP contribution in [0.3, 0.4) is 0 Å². The fourth-order valence-electron chi connectivity index (χ4n) is 1.62. The third-order valence-electron chi connectivity index (χ3n) is 2.48. The van der Waals surface area contributed by atoms with E-state index in [2.05, 4.69) is 42.5 Å². The highest BCUT2D eigenvalue weighted by Gasteiger charge is 1.99. The normalized spacial score (nSPS) is 11.0. The maximum absolute atomic E-state index is 6.13. The SMILES string of the molecule is Clc1ccccc1[SiH2]Cc1ccccc1. The van der Waals surface area contributed by atoms with E-state index in [0.717, 1.165) is 5.02 Å². The van der Waals surface area contributed by atoms with E-state index in [1.165, 1.54) is 16.8 Å². The number of rotatable bonds is 3. The first-order valence-corrected chi connectivity index (χ1v) is 7.22. The molecule has 0 bridgehead atoms. The van der Waals surface area contributed by atoms with Gasteiger partial charge in [-0.2, -0.15) is 0 Å². The molecule has 0 saturated carbocycles. The van der Waals surface area contributed by atoms with Gasteiger partial charge in [0.2, 0.25) is 0 Å². The van der Waals surface area contributed by atoms with E-state index in [1.54, 1.807) is 0 Å². The van der Waals surface area contributed by atoms with Crippen LogP contribution in [-0.2, 0) is 6.04 Å². The minimum atomic E-state index is -0.271. The van der Waals surface area contributed by atoms with Crippen LogP contribution >= 0.6 is 11.6 Å². The Kier molecular flexibility index (Phi) is 3.59. The molecule has 0 N–H and O–H groups in total. The van der Waals surface area contributed by atoms with Crippen molar-refractivity contribution in [2.75, 3.05) is 0 Å². The predicted molar refractivity (Wildman–Crippen MR) is 69.8 cm³/mol. The molecule has 0 spiro atoms. The molecule has 0 radical (unpaired) electrons. The molecule has 0 fully saturated rings. The van der Waals surface area contributed by atoms with Gasteiger partial charge in [0.1, 0.15) is 0 Å². The average molecular weight is 233 g/mol. The van der Waals surface area contributed by atoms with E-state index >= 15 is 0 Å². The summed E-state index contributed by atoms with van der Waals surface area (Å²) in [5.41, 5.74) is 1.42. The van der Waals surface area contributed by atoms with E-state index in [9.17, 15) is 0 Å². The quantitative estimate of drug-likeness (QED) is 0.713. The first-order valence-electron chi connectivity index (χ1n) is 5.13. The van der Waals surface area contributed by atoms with Crippen molar-refractivity contribution in [1.82, 2.24) is 0 Å². The monoisotopic (exact) mass is 232 g/mol. The molecule has 2 aromatic carbocycles. The van der Waals surface area contributed by atoms with Crippen LogP contribution in [0.15, 0.2) is 54.6 Å². The summed E-state index contributed by atoms with van der Waals surface area (Å²) in [5, 5.41) is 2.29. The first-order chi connectivity index (χ1) is 7.36. The summed E-state index contributed by atoms with van der Waals surface area (Å²) in [6.07, 6.45) is 0. The molecular weight excluding hydrogens is 220 g/mol. The number of benzene rings is 2. The van der Waals surface area contributed by atoms with Gasteiger partial charge in [-0.15, -0.1) is 0 Å². The lowest BCUT2D eigenvalue weighted by Crippen LogP contribution is -2.17. The molecule has 0 unspecified atom stereocenters. The van der Waals surface area contributed by atoms with Gasteiger partial charge < -0.3 is 0 Å². The minimum Gasteiger partial charge on any atom is -0.0845 e. The Labute approximate surface area is 97.7 Å². The average Bonchev–Trinajstić information content (AvgIpc) is 2.29. The molecule has 0 amide bonds. The molecule has 2 aromatic rings. The lowest BCUT2D eigenvalue weighted by molar-refractivity contribution is 1.39. The predicted octanol–water partition coefficient (Wildman–Crippen LogP) is 2.33. The van der Waals surface area contributed by atoms with Gasteiger partial charge in [-0.25, -0.2) is 0 Å². The van der Waals surface area contributed by atoms with E-state index in [-0.39, 0.29) is 9.52 Å². The fourth-order valence-corrected chi connectivity index (χ4v) is 3.59. The number of hydrogen-bond acceptors (Lipinski definition) is 0. The smallest absolute Gasteiger partial charge is 0.0610 e. The molecule has 0 atom stereocenters. The van der Waals surface area contributed by atoms with Gasteiger partial charge in [0.15, 0.2) is 0 Å². The van der Waals surface area contributed by atoms with Crippen molar-refractivity contribution < 1.29 is 0 Å². The highest BCUT2D eigenvalue weighted by Crippen LogP contribution is 2.04. The fraction of sp³-hybridized carbons (Fsp3) is 0.0769. The molecular formula is C13H13ClSi. The van der Waals surface area contributed by atoms with Crippen LogP contribution in [0.1, 0.15) is 5.56 Å².